The zero-order chi connectivity index (χ0) is 32.1. The average molecular weight is 630 g/mol. The van der Waals surface area contributed by atoms with Gasteiger partial charge in [-0.15, -0.1) is 0 Å². The summed E-state index contributed by atoms with van der Waals surface area (Å²) in [4.78, 5) is 29.4. The summed E-state index contributed by atoms with van der Waals surface area (Å²) in [5.74, 6) is -2.95. The quantitative estimate of drug-likeness (QED) is 0.387. The van der Waals surface area contributed by atoms with Crippen LogP contribution in [0.25, 0.3) is 0 Å². The van der Waals surface area contributed by atoms with E-state index in [1.807, 2.05) is 6.07 Å². The van der Waals surface area contributed by atoms with Crippen LogP contribution >= 0.6 is 0 Å². The SMILES string of the molecule is CCN1C[C@]2(COC)CCC(OC)C34C1C([C@H](OC)[C@@H]32)[C@]1(OC(C)=O)[C@H]2[C@@H](OC(=O)c3ccccc3)[C@@](O)(C[C@@H]24)[C@@H](OC)[C@@H]1O. The molecule has 1 aromatic carbocycles. The van der Waals surface area contributed by atoms with Crippen molar-refractivity contribution in [1.82, 2.24) is 4.90 Å². The largest absolute Gasteiger partial charge is 0.455 e. The van der Waals surface area contributed by atoms with Gasteiger partial charge in [0.2, 0.25) is 0 Å². The summed E-state index contributed by atoms with van der Waals surface area (Å²) in [6.45, 7) is 5.44. The van der Waals surface area contributed by atoms with Gasteiger partial charge in [-0.25, -0.2) is 4.79 Å². The first-order chi connectivity index (χ1) is 21.6. The molecule has 1 saturated heterocycles. The van der Waals surface area contributed by atoms with E-state index in [1.165, 1.54) is 14.0 Å². The number of aliphatic hydroxyl groups is 2. The van der Waals surface area contributed by atoms with Gasteiger partial charge in [-0.3, -0.25) is 9.69 Å². The molecule has 6 aliphatic rings. The number of rotatable bonds is 9. The van der Waals surface area contributed by atoms with Crippen molar-refractivity contribution >= 4 is 11.9 Å². The fourth-order valence-electron chi connectivity index (χ4n) is 12.4. The van der Waals surface area contributed by atoms with Crippen LogP contribution in [0.5, 0.6) is 0 Å². The lowest BCUT2D eigenvalue weighted by Gasteiger charge is -2.69. The van der Waals surface area contributed by atoms with E-state index in [0.29, 0.717) is 18.7 Å². The first kappa shape index (κ1) is 31.5. The van der Waals surface area contributed by atoms with Gasteiger partial charge in [-0.1, -0.05) is 25.1 Å². The first-order valence-electron chi connectivity index (χ1n) is 16.2. The van der Waals surface area contributed by atoms with Gasteiger partial charge in [0.1, 0.15) is 23.9 Å². The van der Waals surface area contributed by atoms with Crippen LogP contribution in [-0.4, -0.2) is 123 Å². The number of aliphatic hydroxyl groups excluding tert-OH is 1. The number of nitrogens with zero attached hydrogens (tertiary/aromatic N) is 1. The molecule has 4 unspecified atom stereocenters. The van der Waals surface area contributed by atoms with Crippen molar-refractivity contribution in [1.29, 1.82) is 0 Å². The van der Waals surface area contributed by atoms with E-state index >= 15 is 0 Å². The van der Waals surface area contributed by atoms with Gasteiger partial charge < -0.3 is 38.6 Å². The maximum atomic E-state index is 13.7. The molecule has 2 N–H and O–H groups in total. The number of hydrogen-bond donors (Lipinski definition) is 2. The zero-order valence-corrected chi connectivity index (χ0v) is 27.0. The second kappa shape index (κ2) is 10.7. The van der Waals surface area contributed by atoms with Crippen molar-refractivity contribution in [3.8, 4) is 0 Å². The number of likely N-dealkylation sites (tertiary alicyclic amines) is 1. The second-order valence-electron chi connectivity index (χ2n) is 14.3. The van der Waals surface area contributed by atoms with Gasteiger partial charge in [0.25, 0.3) is 0 Å². The van der Waals surface area contributed by atoms with Crippen LogP contribution in [0.2, 0.25) is 0 Å². The number of fused-ring (bicyclic) bond motifs is 2. The van der Waals surface area contributed by atoms with Crippen molar-refractivity contribution in [3.05, 3.63) is 35.9 Å². The van der Waals surface area contributed by atoms with Crippen LogP contribution in [-0.2, 0) is 33.2 Å². The van der Waals surface area contributed by atoms with E-state index in [-0.39, 0.29) is 35.8 Å². The maximum Gasteiger partial charge on any atom is 0.338 e. The predicted molar refractivity (Wildman–Crippen MR) is 159 cm³/mol. The molecule has 0 aromatic heterocycles. The Morgan fingerprint density at radius 3 is 2.36 bits per heavy atom. The molecule has 6 fully saturated rings. The molecule has 11 nitrogen and oxygen atoms in total. The Labute approximate surface area is 264 Å². The summed E-state index contributed by atoms with van der Waals surface area (Å²) in [5, 5.41) is 25.3. The Hall–Kier alpha value is -2.12. The number of piperidine rings is 1. The van der Waals surface area contributed by atoms with E-state index < -0.39 is 64.8 Å². The highest BCUT2D eigenvalue weighted by Crippen LogP contribution is 2.80. The Balaban J connectivity index is 1.52. The van der Waals surface area contributed by atoms with Crippen molar-refractivity contribution in [2.45, 2.75) is 80.9 Å². The molecule has 248 valence electrons. The Kier molecular flexibility index (Phi) is 7.48. The third-order valence-corrected chi connectivity index (χ3v) is 13.0. The molecule has 1 aromatic rings. The number of benzene rings is 1. The number of hydrogen-bond acceptors (Lipinski definition) is 11. The highest BCUT2D eigenvalue weighted by atomic mass is 16.6. The van der Waals surface area contributed by atoms with Crippen molar-refractivity contribution < 1.29 is 48.2 Å². The molecule has 0 amide bonds. The number of carbonyl (C=O) groups is 2. The minimum Gasteiger partial charge on any atom is -0.455 e. The monoisotopic (exact) mass is 629 g/mol. The molecule has 11 heteroatoms. The number of methoxy groups -OCH3 is 4. The molecule has 7 bridgehead atoms. The third kappa shape index (κ3) is 3.66. The van der Waals surface area contributed by atoms with E-state index in [2.05, 4.69) is 11.8 Å². The van der Waals surface area contributed by atoms with Crippen LogP contribution in [0.1, 0.15) is 43.5 Å². The van der Waals surface area contributed by atoms with E-state index in [9.17, 15) is 19.8 Å². The summed E-state index contributed by atoms with van der Waals surface area (Å²) in [6.07, 6.45) is -2.64. The highest BCUT2D eigenvalue weighted by Gasteiger charge is 2.91. The normalized spacial score (nSPS) is 49.1. The van der Waals surface area contributed by atoms with Gasteiger partial charge in [0.05, 0.1) is 24.4 Å². The van der Waals surface area contributed by atoms with Gasteiger partial charge in [-0.2, -0.15) is 0 Å². The number of esters is 2. The smallest absolute Gasteiger partial charge is 0.338 e. The minimum absolute atomic E-state index is 0.101. The van der Waals surface area contributed by atoms with Crippen LogP contribution in [0, 0.1) is 34.5 Å². The molecule has 1 aliphatic heterocycles. The lowest BCUT2D eigenvalue weighted by atomic mass is 9.43. The topological polar surface area (TPSA) is 133 Å². The van der Waals surface area contributed by atoms with Crippen molar-refractivity contribution in [3.63, 3.8) is 0 Å². The molecular formula is C34H47NO10. The van der Waals surface area contributed by atoms with Crippen molar-refractivity contribution in [2.24, 2.45) is 34.5 Å². The van der Waals surface area contributed by atoms with Gasteiger partial charge in [0.15, 0.2) is 5.60 Å². The Morgan fingerprint density at radius 2 is 1.76 bits per heavy atom. The summed E-state index contributed by atoms with van der Waals surface area (Å²) in [6, 6.07) is 8.42. The van der Waals surface area contributed by atoms with E-state index in [1.54, 1.807) is 45.6 Å². The van der Waals surface area contributed by atoms with Gasteiger partial charge >= 0.3 is 11.9 Å². The van der Waals surface area contributed by atoms with Gasteiger partial charge in [-0.05, 0) is 43.9 Å². The zero-order valence-electron chi connectivity index (χ0n) is 27.0. The minimum atomic E-state index is -1.76. The van der Waals surface area contributed by atoms with E-state index in [4.69, 9.17) is 28.4 Å². The molecule has 1 heterocycles. The summed E-state index contributed by atoms with van der Waals surface area (Å²) in [7, 11) is 6.59. The number of carbonyl (C=O) groups excluding carboxylic acids is 2. The molecular weight excluding hydrogens is 582 g/mol. The molecule has 45 heavy (non-hydrogen) atoms. The predicted octanol–water partition coefficient (Wildman–Crippen LogP) is 1.68. The summed E-state index contributed by atoms with van der Waals surface area (Å²) in [5.41, 5.74) is -3.92. The van der Waals surface area contributed by atoms with Crippen LogP contribution in [0.3, 0.4) is 0 Å². The standard InChI is InChI=1S/C34H47NO10/c1-7-35-16-31(17-40-3)14-13-21(41-4)33-20-15-32(39)28(44-30(38)19-11-9-8-10-12-19)22(20)34(45-18(2)36,27(37)29(32)43-6)23(26(33)35)24(42-5)25(31)33/h8-12,20-29,37,39H,7,13-17H2,1-6H3/t20-,21?,22+,23?,24-,25+,26?,27-,28+,29-,31-,32-,33?,34+/m0/s1. The Morgan fingerprint density at radius 1 is 1.02 bits per heavy atom. The summed E-state index contributed by atoms with van der Waals surface area (Å²) >= 11 is 0. The molecule has 0 radical (unpaired) electrons. The lowest BCUT2D eigenvalue weighted by Crippen LogP contribution is -2.80. The molecule has 7 rings (SSSR count). The highest BCUT2D eigenvalue weighted by molar-refractivity contribution is 5.89. The first-order valence-corrected chi connectivity index (χ1v) is 16.2. The third-order valence-electron chi connectivity index (χ3n) is 13.0. The van der Waals surface area contributed by atoms with Crippen LogP contribution in [0.15, 0.2) is 30.3 Å². The molecule has 5 saturated carbocycles. The fraction of sp³-hybridized carbons (Fsp3) is 0.765. The molecule has 1 spiro atoms. The van der Waals surface area contributed by atoms with Crippen molar-refractivity contribution in [2.75, 3.05) is 48.1 Å². The average Bonchev–Trinajstić information content (AvgIpc) is 3.40. The van der Waals surface area contributed by atoms with Crippen LogP contribution < -0.4 is 0 Å². The second-order valence-corrected chi connectivity index (χ2v) is 14.3. The van der Waals surface area contributed by atoms with Crippen LogP contribution in [0.4, 0.5) is 0 Å². The van der Waals surface area contributed by atoms with E-state index in [0.717, 1.165) is 19.4 Å². The fourth-order valence-corrected chi connectivity index (χ4v) is 12.4. The lowest BCUT2D eigenvalue weighted by molar-refractivity contribution is -0.317. The molecule has 14 atom stereocenters. The Bertz CT molecular complexity index is 1330. The molecule has 5 aliphatic carbocycles. The summed E-state index contributed by atoms with van der Waals surface area (Å²) < 4.78 is 37.7. The number of ether oxygens (including phenoxy) is 6. The maximum absolute atomic E-state index is 13.7. The van der Waals surface area contributed by atoms with Gasteiger partial charge in [0, 0.05) is 76.5 Å².